The van der Waals surface area contributed by atoms with Gasteiger partial charge in [-0.2, -0.15) is 10.1 Å². The number of fused-ring (bicyclic) bond motifs is 1. The molecule has 0 unspecified atom stereocenters. The lowest BCUT2D eigenvalue weighted by atomic mass is 10.0. The first kappa shape index (κ1) is 21.1. The number of rotatable bonds is 7. The molecule has 0 aliphatic carbocycles. The van der Waals surface area contributed by atoms with Crippen LogP contribution in [0.4, 0.5) is 5.95 Å². The van der Waals surface area contributed by atoms with E-state index in [0.717, 1.165) is 22.4 Å². The molecule has 1 atom stereocenters. The van der Waals surface area contributed by atoms with Crippen LogP contribution in [0.3, 0.4) is 0 Å². The monoisotopic (exact) mass is 458 g/mol. The van der Waals surface area contributed by atoms with Crippen molar-refractivity contribution in [1.29, 1.82) is 0 Å². The Labute approximate surface area is 197 Å². The number of halogens is 1. The van der Waals surface area contributed by atoms with Crippen LogP contribution in [0.25, 0.3) is 5.70 Å². The van der Waals surface area contributed by atoms with Gasteiger partial charge in [0.1, 0.15) is 19.0 Å². The van der Waals surface area contributed by atoms with Gasteiger partial charge in [0.25, 0.3) is 0 Å². The minimum atomic E-state index is -0.156. The number of anilines is 1. The SMILES string of the molecule is CCOc1cc([C@@H]2C=C(c3ccc(Cl)cc3)Nc3ncnn32)ccc1OCc1ccccc1. The fourth-order valence-electron chi connectivity index (χ4n) is 3.80. The Kier molecular flexibility index (Phi) is 6.00. The number of ether oxygens (including phenoxy) is 2. The number of nitrogens with zero attached hydrogens (tertiary/aromatic N) is 3. The average molecular weight is 459 g/mol. The Balaban J connectivity index is 1.47. The fraction of sp³-hybridized carbons (Fsp3) is 0.154. The van der Waals surface area contributed by atoms with Crippen LogP contribution in [0, 0.1) is 0 Å². The molecule has 4 aromatic rings. The first-order valence-corrected chi connectivity index (χ1v) is 11.2. The van der Waals surface area contributed by atoms with Gasteiger partial charge in [-0.1, -0.05) is 60.1 Å². The Morgan fingerprint density at radius 2 is 1.79 bits per heavy atom. The Morgan fingerprint density at radius 1 is 0.970 bits per heavy atom. The average Bonchev–Trinajstić information content (AvgIpc) is 3.33. The topological polar surface area (TPSA) is 61.2 Å². The fourth-order valence-corrected chi connectivity index (χ4v) is 3.93. The summed E-state index contributed by atoms with van der Waals surface area (Å²) >= 11 is 6.07. The Hall–Kier alpha value is -3.77. The molecule has 0 radical (unpaired) electrons. The molecule has 3 aromatic carbocycles. The van der Waals surface area contributed by atoms with E-state index in [0.29, 0.717) is 35.7 Å². The second kappa shape index (κ2) is 9.38. The molecule has 166 valence electrons. The molecule has 1 aliphatic heterocycles. The lowest BCUT2D eigenvalue weighted by Crippen LogP contribution is -2.20. The summed E-state index contributed by atoms with van der Waals surface area (Å²) in [5.74, 6) is 2.08. The molecular formula is C26H23ClN4O2. The third-order valence-electron chi connectivity index (χ3n) is 5.41. The van der Waals surface area contributed by atoms with Gasteiger partial charge in [0.2, 0.25) is 5.95 Å². The second-order valence-corrected chi connectivity index (χ2v) is 8.04. The number of hydrogen-bond donors (Lipinski definition) is 1. The molecule has 5 rings (SSSR count). The second-order valence-electron chi connectivity index (χ2n) is 7.60. The van der Waals surface area contributed by atoms with E-state index >= 15 is 0 Å². The van der Waals surface area contributed by atoms with Gasteiger partial charge in [0.05, 0.1) is 6.61 Å². The highest BCUT2D eigenvalue weighted by molar-refractivity contribution is 6.30. The molecule has 2 heterocycles. The van der Waals surface area contributed by atoms with Gasteiger partial charge in [-0.15, -0.1) is 0 Å². The molecule has 1 aliphatic rings. The van der Waals surface area contributed by atoms with E-state index in [2.05, 4.69) is 21.5 Å². The number of hydrogen-bond acceptors (Lipinski definition) is 5. The standard InChI is InChI=1S/C26H23ClN4O2/c1-2-32-25-14-20(10-13-24(25)33-16-18-6-4-3-5-7-18)23-15-22(19-8-11-21(27)12-9-19)30-26-28-17-29-31(23)26/h3-15,17,23H,2,16H2,1H3,(H,28,29,30)/t23-/m0/s1. The predicted molar refractivity (Wildman–Crippen MR) is 130 cm³/mol. The van der Waals surface area contributed by atoms with Gasteiger partial charge in [0, 0.05) is 10.7 Å². The van der Waals surface area contributed by atoms with E-state index in [9.17, 15) is 0 Å². The minimum absolute atomic E-state index is 0.156. The predicted octanol–water partition coefficient (Wildman–Crippen LogP) is 5.97. The maximum Gasteiger partial charge on any atom is 0.226 e. The van der Waals surface area contributed by atoms with Crippen LogP contribution in [0.1, 0.15) is 29.7 Å². The largest absolute Gasteiger partial charge is 0.490 e. The van der Waals surface area contributed by atoms with Crippen molar-refractivity contribution in [2.75, 3.05) is 11.9 Å². The number of benzene rings is 3. The third kappa shape index (κ3) is 4.56. The van der Waals surface area contributed by atoms with E-state index in [1.54, 1.807) is 6.33 Å². The van der Waals surface area contributed by atoms with Crippen molar-refractivity contribution in [1.82, 2.24) is 14.8 Å². The zero-order chi connectivity index (χ0) is 22.6. The van der Waals surface area contributed by atoms with Crippen LogP contribution in [0.2, 0.25) is 5.02 Å². The molecule has 6 nitrogen and oxygen atoms in total. The van der Waals surface area contributed by atoms with Crippen molar-refractivity contribution in [2.45, 2.75) is 19.6 Å². The quantitative estimate of drug-likeness (QED) is 0.370. The van der Waals surface area contributed by atoms with Gasteiger partial charge in [-0.3, -0.25) is 0 Å². The van der Waals surface area contributed by atoms with Crippen molar-refractivity contribution >= 4 is 23.2 Å². The maximum atomic E-state index is 6.07. The molecule has 0 bridgehead atoms. The molecule has 0 spiro atoms. The molecule has 0 saturated carbocycles. The van der Waals surface area contributed by atoms with Gasteiger partial charge >= 0.3 is 0 Å². The molecule has 1 aromatic heterocycles. The van der Waals surface area contributed by atoms with E-state index in [-0.39, 0.29) is 6.04 Å². The van der Waals surface area contributed by atoms with Crippen LogP contribution in [0.5, 0.6) is 11.5 Å². The summed E-state index contributed by atoms with van der Waals surface area (Å²) in [6.45, 7) is 2.98. The summed E-state index contributed by atoms with van der Waals surface area (Å²) in [6.07, 6.45) is 3.68. The van der Waals surface area contributed by atoms with Crippen LogP contribution in [-0.2, 0) is 6.61 Å². The highest BCUT2D eigenvalue weighted by Gasteiger charge is 2.24. The summed E-state index contributed by atoms with van der Waals surface area (Å²) in [5.41, 5.74) is 4.08. The normalized spacial score (nSPS) is 14.7. The maximum absolute atomic E-state index is 6.07. The van der Waals surface area contributed by atoms with Crippen LogP contribution in [0.15, 0.2) is 85.2 Å². The first-order chi connectivity index (χ1) is 16.2. The molecule has 1 N–H and O–H groups in total. The van der Waals surface area contributed by atoms with Crippen molar-refractivity contribution in [2.24, 2.45) is 0 Å². The van der Waals surface area contributed by atoms with E-state index in [4.69, 9.17) is 21.1 Å². The lowest BCUT2D eigenvalue weighted by Gasteiger charge is -2.25. The summed E-state index contributed by atoms with van der Waals surface area (Å²) in [5, 5.41) is 8.49. The zero-order valence-electron chi connectivity index (χ0n) is 18.1. The van der Waals surface area contributed by atoms with Gasteiger partial charge in [-0.05, 0) is 54.0 Å². The summed E-state index contributed by atoms with van der Waals surface area (Å²) in [7, 11) is 0. The van der Waals surface area contributed by atoms with Gasteiger partial charge < -0.3 is 14.8 Å². The molecule has 0 fully saturated rings. The number of aromatic nitrogens is 3. The first-order valence-electron chi connectivity index (χ1n) is 10.8. The van der Waals surface area contributed by atoms with Crippen LogP contribution < -0.4 is 14.8 Å². The highest BCUT2D eigenvalue weighted by Crippen LogP contribution is 2.37. The minimum Gasteiger partial charge on any atom is -0.490 e. The van der Waals surface area contributed by atoms with Crippen molar-refractivity contribution in [3.05, 3.63) is 107 Å². The molecule has 33 heavy (non-hydrogen) atoms. The van der Waals surface area contributed by atoms with Crippen molar-refractivity contribution in [3.63, 3.8) is 0 Å². The van der Waals surface area contributed by atoms with Gasteiger partial charge in [-0.25, -0.2) is 4.68 Å². The number of allylic oxidation sites excluding steroid dienone is 1. The van der Waals surface area contributed by atoms with Crippen molar-refractivity contribution < 1.29 is 9.47 Å². The summed E-state index contributed by atoms with van der Waals surface area (Å²) < 4.78 is 13.9. The van der Waals surface area contributed by atoms with Crippen LogP contribution >= 0.6 is 11.6 Å². The summed E-state index contributed by atoms with van der Waals surface area (Å²) in [4.78, 5) is 4.38. The third-order valence-corrected chi connectivity index (χ3v) is 5.66. The Morgan fingerprint density at radius 3 is 2.58 bits per heavy atom. The van der Waals surface area contributed by atoms with Crippen LogP contribution in [-0.4, -0.2) is 21.4 Å². The van der Waals surface area contributed by atoms with Crippen molar-refractivity contribution in [3.8, 4) is 11.5 Å². The summed E-state index contributed by atoms with van der Waals surface area (Å²) in [6, 6.07) is 23.7. The smallest absolute Gasteiger partial charge is 0.226 e. The van der Waals surface area contributed by atoms with Gasteiger partial charge in [0.15, 0.2) is 11.5 Å². The zero-order valence-corrected chi connectivity index (χ0v) is 18.9. The Bertz CT molecular complexity index is 1270. The van der Waals surface area contributed by atoms with E-state index in [1.165, 1.54) is 0 Å². The highest BCUT2D eigenvalue weighted by atomic mass is 35.5. The lowest BCUT2D eigenvalue weighted by molar-refractivity contribution is 0.269. The molecule has 0 saturated heterocycles. The molecule has 0 amide bonds. The molecular weight excluding hydrogens is 436 g/mol. The molecule has 7 heteroatoms. The van der Waals surface area contributed by atoms with E-state index < -0.39 is 0 Å². The van der Waals surface area contributed by atoms with E-state index in [1.807, 2.05) is 84.4 Å². The number of nitrogens with one attached hydrogen (secondary N) is 1.